The molecule has 3 aromatic heterocycles. The van der Waals surface area contributed by atoms with Gasteiger partial charge in [0, 0.05) is 38.4 Å². The minimum Gasteiger partial charge on any atom is -0.444 e. The third-order valence-corrected chi connectivity index (χ3v) is 8.81. The van der Waals surface area contributed by atoms with E-state index >= 15 is 0 Å². The summed E-state index contributed by atoms with van der Waals surface area (Å²) < 4.78 is 9.32. The van der Waals surface area contributed by atoms with Crippen LogP contribution < -0.4 is 5.56 Å². The van der Waals surface area contributed by atoms with E-state index in [4.69, 9.17) is 9.72 Å². The number of carbonyl (C=O) groups is 1. The maximum atomic E-state index is 14.0. The Labute approximate surface area is 246 Å². The first-order chi connectivity index (χ1) is 19.9. The maximum Gasteiger partial charge on any atom is 0.410 e. The number of fused-ring (bicyclic) bond motifs is 1. The highest BCUT2D eigenvalue weighted by molar-refractivity contribution is 5.68. The minimum atomic E-state index is -0.541. The Morgan fingerprint density at radius 3 is 2.64 bits per heavy atom. The molecule has 1 amide bonds. The van der Waals surface area contributed by atoms with E-state index < -0.39 is 5.60 Å². The molecule has 0 bridgehead atoms. The molecule has 4 aromatic rings. The Hall–Kier alpha value is -4.01. The fraction of sp³-hybridized carbons (Fsp3) is 0.485. The van der Waals surface area contributed by atoms with Crippen LogP contribution in [-0.4, -0.2) is 53.8 Å². The average molecular weight is 569 g/mol. The van der Waals surface area contributed by atoms with E-state index in [0.29, 0.717) is 30.2 Å². The first-order valence-electron chi connectivity index (χ1n) is 14.9. The average Bonchev–Trinajstić information content (AvgIpc) is 3.36. The molecule has 220 valence electrons. The molecule has 1 saturated heterocycles. The van der Waals surface area contributed by atoms with Crippen LogP contribution in [0.2, 0.25) is 0 Å². The Morgan fingerprint density at radius 2 is 1.95 bits per heavy atom. The predicted molar refractivity (Wildman–Crippen MR) is 162 cm³/mol. The molecular weight excluding hydrogens is 528 g/mol. The van der Waals surface area contributed by atoms with Crippen LogP contribution in [0.15, 0.2) is 53.8 Å². The Balaban J connectivity index is 1.36. The predicted octanol–water partition coefficient (Wildman–Crippen LogP) is 5.63. The summed E-state index contributed by atoms with van der Waals surface area (Å²) in [6.07, 6.45) is 8.89. The van der Waals surface area contributed by atoms with Crippen molar-refractivity contribution in [2.24, 2.45) is 13.0 Å². The third-order valence-electron chi connectivity index (χ3n) is 8.81. The highest BCUT2D eigenvalue weighted by Crippen LogP contribution is 2.51. The van der Waals surface area contributed by atoms with Crippen LogP contribution in [0, 0.1) is 12.8 Å². The second-order valence-electron chi connectivity index (χ2n) is 13.3. The quantitative estimate of drug-likeness (QED) is 0.317. The standard InChI is InChI=1S/C33H40N6O3/c1-21-15-33(16-21,30-36-35-20-37(30)6)26-11-7-9-23(14-26)27-17-34-28-22(2)13-25(19-39(28)29(27)40)24-10-8-12-38(18-24)31(41)42-32(3,4)5/h7,9,11,13-14,17,19-21,24H,8,10,12,15-16,18H2,1-6H3. The minimum absolute atomic E-state index is 0.100. The van der Waals surface area contributed by atoms with E-state index in [9.17, 15) is 9.59 Å². The van der Waals surface area contributed by atoms with Crippen LogP contribution in [0.25, 0.3) is 16.8 Å². The lowest BCUT2D eigenvalue weighted by Gasteiger charge is -2.46. The van der Waals surface area contributed by atoms with Crippen LogP contribution in [-0.2, 0) is 17.2 Å². The number of benzene rings is 1. The number of amides is 1. The zero-order valence-electron chi connectivity index (χ0n) is 25.4. The molecule has 2 aliphatic rings. The number of aromatic nitrogens is 5. The lowest BCUT2D eigenvalue weighted by atomic mass is 9.58. The van der Waals surface area contributed by atoms with Crippen molar-refractivity contribution in [1.82, 2.24) is 29.0 Å². The molecule has 1 aromatic carbocycles. The van der Waals surface area contributed by atoms with Gasteiger partial charge in [0.1, 0.15) is 23.4 Å². The maximum absolute atomic E-state index is 14.0. The molecule has 6 rings (SSSR count). The van der Waals surface area contributed by atoms with Crippen molar-refractivity contribution in [2.75, 3.05) is 13.1 Å². The van der Waals surface area contributed by atoms with Gasteiger partial charge in [-0.25, -0.2) is 9.78 Å². The molecule has 1 saturated carbocycles. The zero-order valence-corrected chi connectivity index (χ0v) is 25.4. The largest absolute Gasteiger partial charge is 0.444 e. The van der Waals surface area contributed by atoms with Gasteiger partial charge >= 0.3 is 6.09 Å². The van der Waals surface area contributed by atoms with Gasteiger partial charge in [0.05, 0.1) is 11.0 Å². The summed E-state index contributed by atoms with van der Waals surface area (Å²) in [4.78, 5) is 33.4. The van der Waals surface area contributed by atoms with Crippen molar-refractivity contribution < 1.29 is 9.53 Å². The molecule has 0 radical (unpaired) electrons. The summed E-state index contributed by atoms with van der Waals surface area (Å²) >= 11 is 0. The molecule has 0 spiro atoms. The normalized spacial score (nSPS) is 22.7. The summed E-state index contributed by atoms with van der Waals surface area (Å²) in [7, 11) is 1.99. The highest BCUT2D eigenvalue weighted by atomic mass is 16.6. The molecule has 0 N–H and O–H groups in total. The van der Waals surface area contributed by atoms with Crippen LogP contribution in [0.5, 0.6) is 0 Å². The molecule has 4 heterocycles. The van der Waals surface area contributed by atoms with E-state index in [0.717, 1.165) is 53.8 Å². The lowest BCUT2D eigenvalue weighted by molar-refractivity contribution is 0.0198. The molecule has 9 heteroatoms. The lowest BCUT2D eigenvalue weighted by Crippen LogP contribution is -2.43. The van der Waals surface area contributed by atoms with Crippen molar-refractivity contribution in [1.29, 1.82) is 0 Å². The van der Waals surface area contributed by atoms with E-state index in [1.54, 1.807) is 21.8 Å². The molecule has 1 atom stereocenters. The van der Waals surface area contributed by atoms with Crippen molar-refractivity contribution >= 4 is 11.7 Å². The number of ether oxygens (including phenoxy) is 1. The first kappa shape index (κ1) is 28.1. The van der Waals surface area contributed by atoms with E-state index in [2.05, 4.69) is 35.3 Å². The van der Waals surface area contributed by atoms with Gasteiger partial charge in [0.15, 0.2) is 0 Å². The number of carbonyl (C=O) groups excluding carboxylic acids is 1. The summed E-state index contributed by atoms with van der Waals surface area (Å²) in [5, 5.41) is 8.64. The number of nitrogens with zero attached hydrogens (tertiary/aromatic N) is 6. The highest BCUT2D eigenvalue weighted by Gasteiger charge is 2.48. The summed E-state index contributed by atoms with van der Waals surface area (Å²) in [6.45, 7) is 11.1. The zero-order chi connectivity index (χ0) is 29.8. The van der Waals surface area contributed by atoms with Gasteiger partial charge in [-0.05, 0) is 87.6 Å². The van der Waals surface area contributed by atoms with E-state index in [-0.39, 0.29) is 23.0 Å². The number of hydrogen-bond donors (Lipinski definition) is 0. The Kier molecular flexibility index (Phi) is 6.94. The van der Waals surface area contributed by atoms with E-state index in [1.807, 2.05) is 57.6 Å². The van der Waals surface area contributed by atoms with Gasteiger partial charge in [-0.1, -0.05) is 31.2 Å². The number of piperidine rings is 1. The third kappa shape index (κ3) is 4.99. The van der Waals surface area contributed by atoms with E-state index in [1.165, 1.54) is 0 Å². The van der Waals surface area contributed by atoms with Gasteiger partial charge in [-0.2, -0.15) is 0 Å². The topological polar surface area (TPSA) is 94.6 Å². The molecule has 1 aliphatic heterocycles. The van der Waals surface area contributed by atoms with Gasteiger partial charge in [-0.3, -0.25) is 9.20 Å². The molecule has 1 aliphatic carbocycles. The first-order valence-corrected chi connectivity index (χ1v) is 14.9. The fourth-order valence-corrected chi connectivity index (χ4v) is 6.92. The fourth-order valence-electron chi connectivity index (χ4n) is 6.92. The number of hydrogen-bond acceptors (Lipinski definition) is 6. The van der Waals surface area contributed by atoms with Crippen LogP contribution in [0.4, 0.5) is 4.79 Å². The number of likely N-dealkylation sites (tertiary alicyclic amines) is 1. The SMILES string of the molecule is Cc1cc(C2CCCN(C(=O)OC(C)(C)C)C2)cn2c(=O)c(-c3cccc(C4(c5nncn5C)CC(C)C4)c3)cnc12. The van der Waals surface area contributed by atoms with Crippen LogP contribution in [0.1, 0.15) is 81.8 Å². The Morgan fingerprint density at radius 1 is 1.17 bits per heavy atom. The number of rotatable bonds is 4. The Bertz CT molecular complexity index is 1710. The second-order valence-corrected chi connectivity index (χ2v) is 13.3. The van der Waals surface area contributed by atoms with Gasteiger partial charge in [0.25, 0.3) is 5.56 Å². The smallest absolute Gasteiger partial charge is 0.410 e. The number of pyridine rings is 1. The van der Waals surface area contributed by atoms with Crippen molar-refractivity contribution in [3.05, 3.63) is 81.9 Å². The van der Waals surface area contributed by atoms with Gasteiger partial charge in [0.2, 0.25) is 0 Å². The monoisotopic (exact) mass is 568 g/mol. The number of aryl methyl sites for hydroxylation is 2. The molecule has 9 nitrogen and oxygen atoms in total. The summed E-state index contributed by atoms with van der Waals surface area (Å²) in [5.74, 6) is 1.66. The summed E-state index contributed by atoms with van der Waals surface area (Å²) in [6, 6.07) is 10.4. The molecule has 42 heavy (non-hydrogen) atoms. The molecule has 1 unspecified atom stereocenters. The van der Waals surface area contributed by atoms with Crippen molar-refractivity contribution in [2.45, 2.75) is 77.2 Å². The summed E-state index contributed by atoms with van der Waals surface area (Å²) in [5.41, 5.74) is 4.31. The molecule has 2 fully saturated rings. The molecular formula is C33H40N6O3. The van der Waals surface area contributed by atoms with Crippen LogP contribution >= 0.6 is 0 Å². The second kappa shape index (κ2) is 10.4. The van der Waals surface area contributed by atoms with Crippen molar-refractivity contribution in [3.63, 3.8) is 0 Å². The van der Waals surface area contributed by atoms with Gasteiger partial charge < -0.3 is 14.2 Å². The van der Waals surface area contributed by atoms with Crippen molar-refractivity contribution in [3.8, 4) is 11.1 Å². The van der Waals surface area contributed by atoms with Crippen LogP contribution in [0.3, 0.4) is 0 Å². The van der Waals surface area contributed by atoms with Gasteiger partial charge in [-0.15, -0.1) is 10.2 Å².